The lowest BCUT2D eigenvalue weighted by atomic mass is 9.82. The largest absolute Gasteiger partial charge is 0.461 e. The van der Waals surface area contributed by atoms with Crippen LogP contribution in [0.1, 0.15) is 23.3 Å². The van der Waals surface area contributed by atoms with Gasteiger partial charge in [0.15, 0.2) is 11.5 Å². The minimum absolute atomic E-state index is 0.187. The second kappa shape index (κ2) is 5.13. The minimum Gasteiger partial charge on any atom is -0.461 e. The monoisotopic (exact) mass is 276 g/mol. The molecule has 2 heterocycles. The zero-order valence-corrected chi connectivity index (χ0v) is 11.2. The van der Waals surface area contributed by atoms with Gasteiger partial charge in [0, 0.05) is 19.7 Å². The molecule has 1 fully saturated rings. The van der Waals surface area contributed by atoms with Gasteiger partial charge in [-0.15, -0.1) is 0 Å². The van der Waals surface area contributed by atoms with Crippen LogP contribution in [0.3, 0.4) is 0 Å². The van der Waals surface area contributed by atoms with Gasteiger partial charge >= 0.3 is 0 Å². The van der Waals surface area contributed by atoms with Crippen LogP contribution in [0.15, 0.2) is 33.4 Å². The van der Waals surface area contributed by atoms with Crippen LogP contribution in [0.2, 0.25) is 0 Å². The third kappa shape index (κ3) is 2.46. The second-order valence-electron chi connectivity index (χ2n) is 5.23. The number of aliphatic hydroxyl groups is 1. The highest BCUT2D eigenvalue weighted by Gasteiger charge is 2.30. The Hall–Kier alpha value is -2.08. The van der Waals surface area contributed by atoms with Crippen LogP contribution >= 0.6 is 0 Å². The summed E-state index contributed by atoms with van der Waals surface area (Å²) in [7, 11) is 1.73. The van der Waals surface area contributed by atoms with Gasteiger partial charge in [-0.2, -0.15) is 0 Å². The highest BCUT2D eigenvalue weighted by molar-refractivity contribution is 5.92. The van der Waals surface area contributed by atoms with Crippen LogP contribution in [0.25, 0.3) is 11.5 Å². The maximum Gasteiger partial charge on any atom is 0.275 e. The summed E-state index contributed by atoms with van der Waals surface area (Å²) in [4.78, 5) is 13.8. The van der Waals surface area contributed by atoms with E-state index in [0.29, 0.717) is 24.0 Å². The lowest BCUT2D eigenvalue weighted by Crippen LogP contribution is -2.39. The van der Waals surface area contributed by atoms with Gasteiger partial charge in [0.1, 0.15) is 0 Å². The third-order valence-corrected chi connectivity index (χ3v) is 3.58. The summed E-state index contributed by atoms with van der Waals surface area (Å²) in [5.74, 6) is 1.16. The number of carbonyl (C=O) groups is 1. The van der Waals surface area contributed by atoms with Gasteiger partial charge in [-0.3, -0.25) is 4.79 Å². The molecule has 1 saturated carbocycles. The molecular weight excluding hydrogens is 260 g/mol. The molecule has 6 nitrogen and oxygen atoms in total. The smallest absolute Gasteiger partial charge is 0.275 e. The molecule has 2 aromatic rings. The molecule has 0 saturated heterocycles. The molecule has 1 amide bonds. The van der Waals surface area contributed by atoms with E-state index in [1.54, 1.807) is 30.1 Å². The zero-order chi connectivity index (χ0) is 14.1. The molecule has 0 aromatic carbocycles. The highest BCUT2D eigenvalue weighted by atomic mass is 16.5. The van der Waals surface area contributed by atoms with Crippen LogP contribution < -0.4 is 0 Å². The van der Waals surface area contributed by atoms with Crippen molar-refractivity contribution in [3.8, 4) is 11.5 Å². The Kier molecular flexibility index (Phi) is 3.31. The number of aromatic nitrogens is 1. The molecule has 0 radical (unpaired) electrons. The summed E-state index contributed by atoms with van der Waals surface area (Å²) >= 11 is 0. The number of nitrogens with zero attached hydrogens (tertiary/aromatic N) is 2. The van der Waals surface area contributed by atoms with Crippen molar-refractivity contribution < 1.29 is 18.8 Å². The number of furan rings is 1. The SMILES string of the molecule is CN(CC1CC(O)C1)C(=O)c1cc(-c2ccco2)on1. The lowest BCUT2D eigenvalue weighted by Gasteiger charge is -2.34. The molecule has 3 rings (SSSR count). The summed E-state index contributed by atoms with van der Waals surface area (Å²) in [5.41, 5.74) is 0.263. The van der Waals surface area contributed by atoms with E-state index in [2.05, 4.69) is 5.16 Å². The van der Waals surface area contributed by atoms with Crippen molar-refractivity contribution in [1.82, 2.24) is 10.1 Å². The van der Waals surface area contributed by atoms with Gasteiger partial charge in [0.25, 0.3) is 5.91 Å². The minimum atomic E-state index is -0.207. The van der Waals surface area contributed by atoms with Crippen molar-refractivity contribution >= 4 is 5.91 Å². The van der Waals surface area contributed by atoms with Crippen molar-refractivity contribution in [3.05, 3.63) is 30.2 Å². The Balaban J connectivity index is 1.65. The first-order valence-electron chi connectivity index (χ1n) is 6.57. The normalized spacial score (nSPS) is 21.5. The van der Waals surface area contributed by atoms with Crippen molar-refractivity contribution in [3.63, 3.8) is 0 Å². The first-order valence-corrected chi connectivity index (χ1v) is 6.57. The van der Waals surface area contributed by atoms with Gasteiger partial charge in [-0.1, -0.05) is 5.16 Å². The van der Waals surface area contributed by atoms with Gasteiger partial charge in [-0.25, -0.2) is 0 Å². The maximum atomic E-state index is 12.2. The standard InChI is InChI=1S/C14H16N2O4/c1-16(8-9-5-10(17)6-9)14(18)11-7-13(20-15-11)12-3-2-4-19-12/h2-4,7,9-10,17H,5-6,8H2,1H3. The Morgan fingerprint density at radius 1 is 1.50 bits per heavy atom. The average molecular weight is 276 g/mol. The lowest BCUT2D eigenvalue weighted by molar-refractivity contribution is 0.0263. The average Bonchev–Trinajstić information content (AvgIpc) is 3.06. The Labute approximate surface area is 116 Å². The molecule has 0 aliphatic heterocycles. The number of hydrogen-bond donors (Lipinski definition) is 1. The molecular formula is C14H16N2O4. The molecule has 0 spiro atoms. The summed E-state index contributed by atoms with van der Waals surface area (Å²) in [5, 5.41) is 13.0. The molecule has 0 atom stereocenters. The fourth-order valence-corrected chi connectivity index (χ4v) is 2.43. The van der Waals surface area contributed by atoms with Crippen LogP contribution in [0.4, 0.5) is 0 Å². The maximum absolute atomic E-state index is 12.2. The van der Waals surface area contributed by atoms with E-state index < -0.39 is 0 Å². The predicted octanol–water partition coefficient (Wildman–Crippen LogP) is 1.78. The fourth-order valence-electron chi connectivity index (χ4n) is 2.43. The van der Waals surface area contributed by atoms with Gasteiger partial charge < -0.3 is 18.9 Å². The first-order chi connectivity index (χ1) is 9.63. The summed E-state index contributed by atoms with van der Waals surface area (Å²) in [6.07, 6.45) is 2.84. The highest BCUT2D eigenvalue weighted by Crippen LogP contribution is 2.28. The van der Waals surface area contributed by atoms with Crippen molar-refractivity contribution in [2.24, 2.45) is 5.92 Å². The number of amides is 1. The van der Waals surface area contributed by atoms with E-state index >= 15 is 0 Å². The van der Waals surface area contributed by atoms with E-state index in [9.17, 15) is 9.90 Å². The Bertz CT molecular complexity index is 584. The third-order valence-electron chi connectivity index (χ3n) is 3.58. The number of aliphatic hydroxyl groups excluding tert-OH is 1. The van der Waals surface area contributed by atoms with E-state index in [-0.39, 0.29) is 17.7 Å². The summed E-state index contributed by atoms with van der Waals surface area (Å²) in [6, 6.07) is 5.06. The van der Waals surface area contributed by atoms with Gasteiger partial charge in [0.05, 0.1) is 12.4 Å². The molecule has 1 N–H and O–H groups in total. The van der Waals surface area contributed by atoms with Crippen molar-refractivity contribution in [2.45, 2.75) is 18.9 Å². The van der Waals surface area contributed by atoms with Crippen LogP contribution in [-0.2, 0) is 0 Å². The first kappa shape index (κ1) is 12.9. The molecule has 6 heteroatoms. The Morgan fingerprint density at radius 3 is 2.95 bits per heavy atom. The van der Waals surface area contributed by atoms with E-state index in [1.165, 1.54) is 6.26 Å². The molecule has 1 aliphatic rings. The van der Waals surface area contributed by atoms with E-state index in [0.717, 1.165) is 12.8 Å². The van der Waals surface area contributed by atoms with Gasteiger partial charge in [0.2, 0.25) is 5.76 Å². The molecule has 20 heavy (non-hydrogen) atoms. The Morgan fingerprint density at radius 2 is 2.30 bits per heavy atom. The topological polar surface area (TPSA) is 79.7 Å². The van der Waals surface area contributed by atoms with Crippen molar-refractivity contribution in [1.29, 1.82) is 0 Å². The van der Waals surface area contributed by atoms with Gasteiger partial charge in [-0.05, 0) is 30.9 Å². The molecule has 0 bridgehead atoms. The molecule has 106 valence electrons. The van der Waals surface area contributed by atoms with Crippen molar-refractivity contribution in [2.75, 3.05) is 13.6 Å². The fraction of sp³-hybridized carbons (Fsp3) is 0.429. The summed E-state index contributed by atoms with van der Waals surface area (Å²) in [6.45, 7) is 0.624. The number of carbonyl (C=O) groups excluding carboxylic acids is 1. The molecule has 2 aromatic heterocycles. The number of hydrogen-bond acceptors (Lipinski definition) is 5. The number of rotatable bonds is 4. The van der Waals surface area contributed by atoms with Crippen LogP contribution in [0, 0.1) is 5.92 Å². The molecule has 0 unspecified atom stereocenters. The molecule has 1 aliphatic carbocycles. The van der Waals surface area contributed by atoms with Crippen LogP contribution in [0.5, 0.6) is 0 Å². The summed E-state index contributed by atoms with van der Waals surface area (Å²) < 4.78 is 10.3. The van der Waals surface area contributed by atoms with E-state index in [4.69, 9.17) is 8.94 Å². The quantitative estimate of drug-likeness (QED) is 0.920. The second-order valence-corrected chi connectivity index (χ2v) is 5.23. The van der Waals surface area contributed by atoms with Crippen LogP contribution in [-0.4, -0.2) is 40.8 Å². The van der Waals surface area contributed by atoms with E-state index in [1.807, 2.05) is 0 Å². The predicted molar refractivity (Wildman–Crippen MR) is 69.9 cm³/mol. The zero-order valence-electron chi connectivity index (χ0n) is 11.2.